The van der Waals surface area contributed by atoms with Crippen LogP contribution in [0.25, 0.3) is 0 Å². The number of ether oxygens (including phenoxy) is 3. The van der Waals surface area contributed by atoms with Crippen LogP contribution in [0.5, 0.6) is 11.5 Å². The molecule has 0 spiro atoms. The first-order chi connectivity index (χ1) is 14.9. The summed E-state index contributed by atoms with van der Waals surface area (Å²) < 4.78 is 16.5. The van der Waals surface area contributed by atoms with Gasteiger partial charge >= 0.3 is 11.9 Å². The number of carbonyl (C=O) groups is 2. The zero-order chi connectivity index (χ0) is 22.2. The largest absolute Gasteiger partial charge is 0.479 e. The third-order valence-electron chi connectivity index (χ3n) is 4.07. The molecule has 0 bridgehead atoms. The molecule has 3 aromatic rings. The van der Waals surface area contributed by atoms with Crippen LogP contribution in [-0.2, 0) is 16.0 Å². The summed E-state index contributed by atoms with van der Waals surface area (Å²) in [4.78, 5) is 24.4. The Balaban J connectivity index is 1.52. The highest BCUT2D eigenvalue weighted by Gasteiger charge is 2.14. The van der Waals surface area contributed by atoms with Crippen molar-refractivity contribution >= 4 is 51.1 Å². The van der Waals surface area contributed by atoms with Gasteiger partial charge in [-0.1, -0.05) is 59.6 Å². The molecule has 0 aliphatic carbocycles. The molecule has 160 valence electrons. The highest BCUT2D eigenvalue weighted by atomic mass is 79.9. The average molecular weight is 524 g/mol. The van der Waals surface area contributed by atoms with E-state index >= 15 is 0 Å². The normalized spacial score (nSPS) is 10.4. The van der Waals surface area contributed by atoms with Gasteiger partial charge in [-0.15, -0.1) is 0 Å². The quantitative estimate of drug-likeness (QED) is 0.262. The zero-order valence-electron chi connectivity index (χ0n) is 16.1. The molecule has 0 saturated carbocycles. The number of halogens is 3. The summed E-state index contributed by atoms with van der Waals surface area (Å²) in [6, 6.07) is 19.0. The molecule has 0 heterocycles. The summed E-state index contributed by atoms with van der Waals surface area (Å²) in [6.45, 7) is -0.136. The van der Waals surface area contributed by atoms with Crippen molar-refractivity contribution in [1.82, 2.24) is 0 Å². The second-order valence-corrected chi connectivity index (χ2v) is 8.06. The molecule has 0 N–H and O–H groups in total. The van der Waals surface area contributed by atoms with Crippen molar-refractivity contribution in [2.45, 2.75) is 6.42 Å². The Bertz CT molecular complexity index is 1050. The Morgan fingerprint density at radius 1 is 0.935 bits per heavy atom. The fourth-order valence-corrected chi connectivity index (χ4v) is 4.00. The smallest absolute Gasteiger partial charge is 0.349 e. The van der Waals surface area contributed by atoms with Gasteiger partial charge in [0, 0.05) is 11.4 Å². The lowest BCUT2D eigenvalue weighted by Crippen LogP contribution is -2.18. The molecule has 0 amide bonds. The van der Waals surface area contributed by atoms with E-state index in [2.05, 4.69) is 15.9 Å². The van der Waals surface area contributed by atoms with Gasteiger partial charge in [0.15, 0.2) is 12.4 Å². The fraction of sp³-hybridized carbons (Fsp3) is 0.130. The van der Waals surface area contributed by atoms with Crippen molar-refractivity contribution < 1.29 is 23.8 Å². The van der Waals surface area contributed by atoms with Crippen LogP contribution in [0.3, 0.4) is 0 Å². The van der Waals surface area contributed by atoms with E-state index in [1.54, 1.807) is 24.3 Å². The molecule has 3 aromatic carbocycles. The van der Waals surface area contributed by atoms with E-state index in [0.29, 0.717) is 15.9 Å². The second-order valence-electron chi connectivity index (χ2n) is 6.36. The van der Waals surface area contributed by atoms with Crippen molar-refractivity contribution in [3.05, 3.63) is 92.4 Å². The van der Waals surface area contributed by atoms with E-state index in [1.165, 1.54) is 12.1 Å². The van der Waals surface area contributed by atoms with Crippen molar-refractivity contribution in [3.63, 3.8) is 0 Å². The predicted octanol–water partition coefficient (Wildman–Crippen LogP) is 6.14. The number of hydrogen-bond donors (Lipinski definition) is 0. The molecule has 0 unspecified atom stereocenters. The molecular formula is C23H17BrCl2O5. The van der Waals surface area contributed by atoms with Gasteiger partial charge < -0.3 is 14.2 Å². The van der Waals surface area contributed by atoms with Crippen LogP contribution in [0.2, 0.25) is 10.0 Å². The lowest BCUT2D eigenvalue weighted by molar-refractivity contribution is -0.136. The number of hydrogen-bond acceptors (Lipinski definition) is 5. The van der Waals surface area contributed by atoms with E-state index in [0.717, 1.165) is 5.56 Å². The van der Waals surface area contributed by atoms with Gasteiger partial charge in [-0.3, -0.25) is 0 Å². The Labute approximate surface area is 198 Å². The number of carbonyl (C=O) groups excluding carboxylic acids is 2. The fourth-order valence-electron chi connectivity index (χ4n) is 2.63. The third-order valence-corrected chi connectivity index (χ3v) is 5.15. The minimum absolute atomic E-state index is 0.201. The summed E-state index contributed by atoms with van der Waals surface area (Å²) in [5.41, 5.74) is 1.35. The molecule has 3 rings (SSSR count). The standard InChI is InChI=1S/C23H17BrCl2O5/c24-19-12-17(25)13-20(26)22(19)30-14-21(27)31-18-8-4-7-16(11-18)23(28)29-10-9-15-5-2-1-3-6-15/h1-8,11-13H,9-10,14H2. The van der Waals surface area contributed by atoms with Crippen LogP contribution in [0.4, 0.5) is 0 Å². The van der Waals surface area contributed by atoms with Crippen LogP contribution < -0.4 is 9.47 Å². The van der Waals surface area contributed by atoms with Crippen molar-refractivity contribution in [3.8, 4) is 11.5 Å². The first kappa shape index (κ1) is 23.1. The molecule has 31 heavy (non-hydrogen) atoms. The van der Waals surface area contributed by atoms with Gasteiger partial charge in [-0.25, -0.2) is 9.59 Å². The molecule has 0 radical (unpaired) electrons. The van der Waals surface area contributed by atoms with Gasteiger partial charge in [0.1, 0.15) is 5.75 Å². The minimum Gasteiger partial charge on any atom is -0.479 e. The monoisotopic (exact) mass is 522 g/mol. The molecule has 0 saturated heterocycles. The van der Waals surface area contributed by atoms with Crippen LogP contribution in [-0.4, -0.2) is 25.2 Å². The summed E-state index contributed by atoms with van der Waals surface area (Å²) in [5, 5.41) is 0.687. The SMILES string of the molecule is O=C(COc1c(Cl)cc(Cl)cc1Br)Oc1cccc(C(=O)OCCc2ccccc2)c1. The average Bonchev–Trinajstić information content (AvgIpc) is 2.74. The summed E-state index contributed by atoms with van der Waals surface area (Å²) in [5.74, 6) is -0.680. The molecule has 0 aromatic heterocycles. The number of benzene rings is 3. The summed E-state index contributed by atoms with van der Waals surface area (Å²) >= 11 is 15.2. The molecular weight excluding hydrogens is 507 g/mol. The topological polar surface area (TPSA) is 61.8 Å². The van der Waals surface area contributed by atoms with E-state index in [9.17, 15) is 9.59 Å². The van der Waals surface area contributed by atoms with Crippen LogP contribution in [0, 0.1) is 0 Å². The molecule has 8 heteroatoms. The lowest BCUT2D eigenvalue weighted by Gasteiger charge is -2.11. The Kier molecular flexibility index (Phi) is 8.35. The maximum Gasteiger partial charge on any atom is 0.349 e. The van der Waals surface area contributed by atoms with E-state index in [-0.39, 0.29) is 35.3 Å². The van der Waals surface area contributed by atoms with Gasteiger partial charge in [-0.05, 0) is 51.8 Å². The highest BCUT2D eigenvalue weighted by molar-refractivity contribution is 9.10. The van der Waals surface area contributed by atoms with Crippen molar-refractivity contribution in [2.75, 3.05) is 13.2 Å². The minimum atomic E-state index is -0.660. The molecule has 0 aliphatic rings. The number of esters is 2. The zero-order valence-corrected chi connectivity index (χ0v) is 19.2. The molecule has 0 fully saturated rings. The molecule has 0 atom stereocenters. The highest BCUT2D eigenvalue weighted by Crippen LogP contribution is 2.36. The first-order valence-corrected chi connectivity index (χ1v) is 10.8. The first-order valence-electron chi connectivity index (χ1n) is 9.21. The van der Waals surface area contributed by atoms with Crippen LogP contribution >= 0.6 is 39.1 Å². The summed E-state index contributed by atoms with van der Waals surface area (Å²) in [6.07, 6.45) is 0.613. The predicted molar refractivity (Wildman–Crippen MR) is 122 cm³/mol. The van der Waals surface area contributed by atoms with Gasteiger partial charge in [0.05, 0.1) is 21.7 Å². The third kappa shape index (κ3) is 6.99. The summed E-state index contributed by atoms with van der Waals surface area (Å²) in [7, 11) is 0. The van der Waals surface area contributed by atoms with Crippen molar-refractivity contribution in [1.29, 1.82) is 0 Å². The van der Waals surface area contributed by atoms with E-state index < -0.39 is 11.9 Å². The van der Waals surface area contributed by atoms with Crippen LogP contribution in [0.1, 0.15) is 15.9 Å². The molecule has 0 aliphatic heterocycles. The van der Waals surface area contributed by atoms with Crippen molar-refractivity contribution in [2.24, 2.45) is 0 Å². The van der Waals surface area contributed by atoms with Crippen LogP contribution in [0.15, 0.2) is 71.2 Å². The van der Waals surface area contributed by atoms with Gasteiger partial charge in [0.2, 0.25) is 0 Å². The Morgan fingerprint density at radius 3 is 2.45 bits per heavy atom. The number of rotatable bonds is 8. The van der Waals surface area contributed by atoms with Gasteiger partial charge in [-0.2, -0.15) is 0 Å². The van der Waals surface area contributed by atoms with E-state index in [4.69, 9.17) is 37.4 Å². The second kappa shape index (κ2) is 11.2. The lowest BCUT2D eigenvalue weighted by atomic mass is 10.2. The van der Waals surface area contributed by atoms with E-state index in [1.807, 2.05) is 30.3 Å². The Morgan fingerprint density at radius 2 is 1.71 bits per heavy atom. The molecule has 5 nitrogen and oxygen atoms in total. The Hall–Kier alpha value is -2.54. The van der Waals surface area contributed by atoms with Gasteiger partial charge in [0.25, 0.3) is 0 Å². The maximum absolute atomic E-state index is 12.3. The maximum atomic E-state index is 12.3.